The van der Waals surface area contributed by atoms with Gasteiger partial charge in [0.05, 0.1) is 13.2 Å². The van der Waals surface area contributed by atoms with E-state index in [1.54, 1.807) is 0 Å². The van der Waals surface area contributed by atoms with Crippen LogP contribution < -0.4 is 0 Å². The van der Waals surface area contributed by atoms with E-state index in [0.717, 1.165) is 25.7 Å². The quantitative estimate of drug-likeness (QED) is 0.123. The van der Waals surface area contributed by atoms with Crippen LogP contribution in [0.4, 0.5) is 11.7 Å². The Kier molecular flexibility index (Phi) is 23.2. The second-order valence-corrected chi connectivity index (χ2v) is 9.77. The molecule has 0 unspecified atom stereocenters. The maximum atomic E-state index is 13.2. The van der Waals surface area contributed by atoms with E-state index in [1.807, 2.05) is 0 Å². The monoisotopic (exact) mass is 473 g/mol. The molecular weight excluding hydrogens is 423 g/mol. The average molecular weight is 474 g/mol. The van der Waals surface area contributed by atoms with Gasteiger partial charge in [0, 0.05) is 26.3 Å². The second kappa shape index (κ2) is 23.2. The zero-order valence-corrected chi connectivity index (χ0v) is 21.2. The standard InChI is InChI=1S/C24H50F3NO2S/c1-3-5-7-9-11-13-15-17-21-29-23-19-28(31(25,26)27)20-24-30-22-18-16-14-12-10-8-6-4-2/h3-24H2,1-2H3. The summed E-state index contributed by atoms with van der Waals surface area (Å²) in [6.45, 7) is 5.65. The molecule has 0 aromatic carbocycles. The molecule has 0 saturated heterocycles. The first kappa shape index (κ1) is 31.0. The molecule has 0 atom stereocenters. The summed E-state index contributed by atoms with van der Waals surface area (Å²) in [7, 11) is 0. The normalized spacial score (nSPS) is 12.7. The fourth-order valence-electron chi connectivity index (χ4n) is 3.53. The first-order valence-corrected chi connectivity index (χ1v) is 14.1. The average Bonchev–Trinajstić information content (AvgIpc) is 2.73. The second-order valence-electron chi connectivity index (χ2n) is 8.49. The molecule has 31 heavy (non-hydrogen) atoms. The molecule has 0 radical (unpaired) electrons. The minimum atomic E-state index is -5.22. The topological polar surface area (TPSA) is 21.7 Å². The summed E-state index contributed by atoms with van der Waals surface area (Å²) in [6, 6.07) is 0. The van der Waals surface area contributed by atoms with E-state index in [4.69, 9.17) is 9.47 Å². The Morgan fingerprint density at radius 2 is 0.806 bits per heavy atom. The van der Waals surface area contributed by atoms with Crippen LogP contribution in [0.15, 0.2) is 0 Å². The van der Waals surface area contributed by atoms with Crippen molar-refractivity contribution in [2.45, 2.75) is 117 Å². The number of unbranched alkanes of at least 4 members (excludes halogenated alkanes) is 14. The summed E-state index contributed by atoms with van der Waals surface area (Å²) in [5.41, 5.74) is 0. The highest BCUT2D eigenvalue weighted by Crippen LogP contribution is 2.56. The fourth-order valence-corrected chi connectivity index (χ4v) is 4.09. The maximum absolute atomic E-state index is 13.2. The largest absolute Gasteiger partial charge is 0.380 e. The molecule has 0 aliphatic rings. The minimum absolute atomic E-state index is 0.0863. The van der Waals surface area contributed by atoms with E-state index < -0.39 is 11.4 Å². The SMILES string of the molecule is CCCCCCCCCCOCCN(CCOCCCCCCCCCC)S(F)(F)F. The summed E-state index contributed by atoms with van der Waals surface area (Å²) < 4.78 is 51.1. The third-order valence-electron chi connectivity index (χ3n) is 5.55. The molecule has 0 spiro atoms. The number of halogens is 3. The van der Waals surface area contributed by atoms with E-state index in [1.165, 1.54) is 77.0 Å². The molecule has 0 aliphatic carbocycles. The van der Waals surface area contributed by atoms with E-state index in [9.17, 15) is 11.7 Å². The predicted octanol–water partition coefficient (Wildman–Crippen LogP) is 8.98. The van der Waals surface area contributed by atoms with E-state index >= 15 is 0 Å². The van der Waals surface area contributed by atoms with Gasteiger partial charge in [0.15, 0.2) is 0 Å². The van der Waals surface area contributed by atoms with Gasteiger partial charge in [-0.05, 0) is 12.8 Å². The summed E-state index contributed by atoms with van der Waals surface area (Å²) >= 11 is -5.22. The lowest BCUT2D eigenvalue weighted by Gasteiger charge is -2.26. The molecule has 0 fully saturated rings. The Morgan fingerprint density at radius 3 is 1.13 bits per heavy atom. The van der Waals surface area contributed by atoms with Gasteiger partial charge < -0.3 is 9.47 Å². The Balaban J connectivity index is 3.58. The maximum Gasteiger partial charge on any atom is 0.278 e. The molecule has 7 heteroatoms. The van der Waals surface area contributed by atoms with Crippen molar-refractivity contribution in [2.24, 2.45) is 0 Å². The van der Waals surface area contributed by atoms with Crippen LogP contribution in [0.3, 0.4) is 0 Å². The Bertz CT molecular complexity index is 334. The van der Waals surface area contributed by atoms with E-state index in [2.05, 4.69) is 13.8 Å². The van der Waals surface area contributed by atoms with Crippen LogP contribution >= 0.6 is 11.4 Å². The van der Waals surface area contributed by atoms with Crippen molar-refractivity contribution in [1.29, 1.82) is 0 Å². The Morgan fingerprint density at radius 1 is 0.484 bits per heavy atom. The van der Waals surface area contributed by atoms with Crippen LogP contribution in [0.2, 0.25) is 0 Å². The van der Waals surface area contributed by atoms with Crippen molar-refractivity contribution in [2.75, 3.05) is 39.5 Å². The molecule has 0 aromatic heterocycles. The summed E-state index contributed by atoms with van der Waals surface area (Å²) in [4.78, 5) is 0. The number of ether oxygens (including phenoxy) is 2. The highest BCUT2D eigenvalue weighted by molar-refractivity contribution is 8.18. The van der Waals surface area contributed by atoms with Gasteiger partial charge in [-0.2, -0.15) is 4.31 Å². The molecule has 3 nitrogen and oxygen atoms in total. The minimum Gasteiger partial charge on any atom is -0.380 e. The third-order valence-corrected chi connectivity index (χ3v) is 6.50. The van der Waals surface area contributed by atoms with Crippen molar-refractivity contribution in [3.63, 3.8) is 0 Å². The van der Waals surface area contributed by atoms with Gasteiger partial charge in [-0.25, -0.2) is 0 Å². The number of rotatable bonds is 25. The van der Waals surface area contributed by atoms with E-state index in [-0.39, 0.29) is 26.3 Å². The van der Waals surface area contributed by atoms with Gasteiger partial charge in [-0.1, -0.05) is 104 Å². The van der Waals surface area contributed by atoms with Gasteiger partial charge in [-0.15, -0.1) is 11.7 Å². The van der Waals surface area contributed by atoms with Crippen LogP contribution in [0.5, 0.6) is 0 Å². The van der Waals surface area contributed by atoms with Crippen LogP contribution in [-0.2, 0) is 9.47 Å². The lowest BCUT2D eigenvalue weighted by molar-refractivity contribution is 0.0942. The first-order chi connectivity index (χ1) is 15.0. The van der Waals surface area contributed by atoms with Crippen LogP contribution in [0.25, 0.3) is 0 Å². The lowest BCUT2D eigenvalue weighted by Crippen LogP contribution is -2.29. The molecular formula is C24H50F3NO2S. The molecule has 0 saturated carbocycles. The zero-order chi connectivity index (χ0) is 23.0. The molecule has 0 amide bonds. The summed E-state index contributed by atoms with van der Waals surface area (Å²) in [6.07, 6.45) is 19.3. The van der Waals surface area contributed by atoms with Gasteiger partial charge >= 0.3 is 0 Å². The van der Waals surface area contributed by atoms with Crippen LogP contribution in [-0.4, -0.2) is 43.8 Å². The van der Waals surface area contributed by atoms with Crippen LogP contribution in [0.1, 0.15) is 117 Å². The third kappa shape index (κ3) is 23.0. The van der Waals surface area contributed by atoms with Crippen molar-refractivity contribution in [3.8, 4) is 0 Å². The molecule has 0 rings (SSSR count). The molecule has 0 aliphatic heterocycles. The summed E-state index contributed by atoms with van der Waals surface area (Å²) in [5.74, 6) is 0. The van der Waals surface area contributed by atoms with Crippen molar-refractivity contribution in [1.82, 2.24) is 4.31 Å². The van der Waals surface area contributed by atoms with Gasteiger partial charge in [-0.3, -0.25) is 0 Å². The van der Waals surface area contributed by atoms with E-state index in [0.29, 0.717) is 17.5 Å². The number of hydrogen-bond acceptors (Lipinski definition) is 3. The Hall–Kier alpha value is 0.0200. The fraction of sp³-hybridized carbons (Fsp3) is 1.00. The molecule has 0 N–H and O–H groups in total. The Labute approximate surface area is 193 Å². The zero-order valence-electron chi connectivity index (χ0n) is 20.4. The van der Waals surface area contributed by atoms with Crippen molar-refractivity contribution < 1.29 is 21.1 Å². The highest BCUT2D eigenvalue weighted by Gasteiger charge is 2.30. The predicted molar refractivity (Wildman–Crippen MR) is 129 cm³/mol. The molecule has 0 bridgehead atoms. The van der Waals surface area contributed by atoms with Crippen molar-refractivity contribution >= 4 is 11.4 Å². The highest BCUT2D eigenvalue weighted by atomic mass is 32.3. The molecule has 0 heterocycles. The molecule has 0 aromatic rings. The number of nitrogens with zero attached hydrogens (tertiary/aromatic N) is 1. The van der Waals surface area contributed by atoms with Crippen LogP contribution in [0, 0.1) is 0 Å². The van der Waals surface area contributed by atoms with Gasteiger partial charge in [0.1, 0.15) is 0 Å². The van der Waals surface area contributed by atoms with Gasteiger partial charge in [0.25, 0.3) is 11.4 Å². The smallest absolute Gasteiger partial charge is 0.278 e. The van der Waals surface area contributed by atoms with Gasteiger partial charge in [0.2, 0.25) is 0 Å². The first-order valence-electron chi connectivity index (χ1n) is 12.8. The number of hydrogen-bond donors (Lipinski definition) is 0. The lowest BCUT2D eigenvalue weighted by atomic mass is 10.1. The van der Waals surface area contributed by atoms with Crippen molar-refractivity contribution in [3.05, 3.63) is 0 Å². The molecule has 190 valence electrons. The summed E-state index contributed by atoms with van der Waals surface area (Å²) in [5, 5.41) is 0.